The van der Waals surface area contributed by atoms with Crippen LogP contribution in [0.2, 0.25) is 30.0 Å². The third-order valence-electron chi connectivity index (χ3n) is 3.56. The number of thiophene rings is 1. The average Bonchev–Trinajstić information content (AvgIpc) is 2.80. The zero-order chi connectivity index (χ0) is 18.1. The largest absolute Gasteiger partial charge is 0.464 e. The zero-order valence-electron chi connectivity index (χ0n) is 14.4. The van der Waals surface area contributed by atoms with Gasteiger partial charge in [-0.2, -0.15) is 5.10 Å². The number of carbonyl (C=O) groups excluding carboxylic acids is 1. The van der Waals surface area contributed by atoms with Crippen LogP contribution in [0.5, 0.6) is 0 Å². The molecule has 9 heteroatoms. The highest BCUT2D eigenvalue weighted by molar-refractivity contribution is 7.22. The first-order valence-corrected chi connectivity index (χ1v) is 12.4. The molecule has 0 saturated carbocycles. The molecule has 0 saturated heterocycles. The van der Waals surface area contributed by atoms with Gasteiger partial charge in [0.15, 0.2) is 0 Å². The number of carbonyl (C=O) groups is 1. The molecule has 2 rings (SSSR count). The molecule has 0 N–H and O–H groups in total. The topological polar surface area (TPSA) is 70.4 Å². The number of nitrogens with zero attached hydrogens (tertiary/aromatic N) is 2. The Morgan fingerprint density at radius 2 is 2.04 bits per heavy atom. The second-order valence-corrected chi connectivity index (χ2v) is 13.9. The van der Waals surface area contributed by atoms with Gasteiger partial charge < -0.3 is 9.47 Å². The van der Waals surface area contributed by atoms with Crippen LogP contribution in [0.3, 0.4) is 0 Å². The van der Waals surface area contributed by atoms with Gasteiger partial charge in [0.2, 0.25) is 11.1 Å². The monoisotopic (exact) mass is 388 g/mol. The molecule has 0 unspecified atom stereocenters. The van der Waals surface area contributed by atoms with Gasteiger partial charge in [0, 0.05) is 14.7 Å². The number of ether oxygens (including phenoxy) is 2. The normalized spacial score (nSPS) is 11.9. The van der Waals surface area contributed by atoms with Crippen LogP contribution in [0.4, 0.5) is 0 Å². The molecule has 132 valence electrons. The third-order valence-corrected chi connectivity index (χ3v) is 6.87. The van der Waals surface area contributed by atoms with Crippen molar-refractivity contribution < 1.29 is 14.3 Å². The summed E-state index contributed by atoms with van der Waals surface area (Å²) >= 11 is 7.42. The second-order valence-electron chi connectivity index (χ2n) is 6.70. The van der Waals surface area contributed by atoms with Gasteiger partial charge in [-0.05, 0) is 18.5 Å². The molecule has 0 aliphatic rings. The highest BCUT2D eigenvalue weighted by atomic mass is 35.5. The van der Waals surface area contributed by atoms with E-state index < -0.39 is 19.5 Å². The summed E-state index contributed by atoms with van der Waals surface area (Å²) in [5.74, 6) is -0.764. The highest BCUT2D eigenvalue weighted by Crippen LogP contribution is 2.32. The molecule has 6 nitrogen and oxygen atoms in total. The summed E-state index contributed by atoms with van der Waals surface area (Å²) in [5.41, 5.74) is -0.0720. The Hall–Kier alpha value is -1.22. The van der Waals surface area contributed by atoms with E-state index in [1.165, 1.54) is 23.1 Å². The summed E-state index contributed by atoms with van der Waals surface area (Å²) in [5, 5.41) is 4.52. The van der Waals surface area contributed by atoms with Crippen LogP contribution in [0.1, 0.15) is 16.1 Å². The number of aryl methyl sites for hydroxylation is 1. The first kappa shape index (κ1) is 19.1. The lowest BCUT2D eigenvalue weighted by molar-refractivity contribution is 0.0576. The highest BCUT2D eigenvalue weighted by Gasteiger charge is 2.22. The van der Waals surface area contributed by atoms with Gasteiger partial charge in [-0.25, -0.2) is 9.48 Å². The molecule has 0 aromatic carbocycles. The van der Waals surface area contributed by atoms with Gasteiger partial charge in [0.1, 0.15) is 11.6 Å². The first-order chi connectivity index (χ1) is 11.2. The van der Waals surface area contributed by atoms with Crippen molar-refractivity contribution in [1.82, 2.24) is 9.78 Å². The molecule has 24 heavy (non-hydrogen) atoms. The van der Waals surface area contributed by atoms with Crippen molar-refractivity contribution in [2.45, 2.75) is 39.3 Å². The second kappa shape index (κ2) is 7.34. The summed E-state index contributed by atoms with van der Waals surface area (Å²) in [6, 6.07) is 1.02. The van der Waals surface area contributed by atoms with E-state index in [0.29, 0.717) is 26.7 Å². The summed E-state index contributed by atoms with van der Waals surface area (Å²) in [7, 11) is 0.0234. The molecule has 0 amide bonds. The van der Waals surface area contributed by atoms with Gasteiger partial charge in [-0.1, -0.05) is 31.2 Å². The smallest absolute Gasteiger partial charge is 0.362 e. The van der Waals surface area contributed by atoms with E-state index >= 15 is 0 Å². The summed E-state index contributed by atoms with van der Waals surface area (Å²) in [6.45, 7) is 9.32. The lowest BCUT2D eigenvalue weighted by atomic mass is 10.2. The van der Waals surface area contributed by atoms with E-state index in [1.807, 2.05) is 0 Å². The minimum atomic E-state index is -1.19. The molecule has 0 fully saturated rings. The molecular formula is C15H21ClN2O4SSi. The molecular weight excluding hydrogens is 368 g/mol. The number of halogens is 1. The Bertz CT molecular complexity index is 825. The fraction of sp³-hybridized carbons (Fsp3) is 0.533. The fourth-order valence-corrected chi connectivity index (χ4v) is 4.14. The molecule has 0 radical (unpaired) electrons. The van der Waals surface area contributed by atoms with E-state index in [4.69, 9.17) is 16.3 Å². The lowest BCUT2D eigenvalue weighted by Crippen LogP contribution is -2.25. The van der Waals surface area contributed by atoms with Gasteiger partial charge >= 0.3 is 5.97 Å². The Morgan fingerprint density at radius 1 is 1.38 bits per heavy atom. The number of fused-ring (bicyclic) bond motifs is 1. The predicted octanol–water partition coefficient (Wildman–Crippen LogP) is 3.52. The van der Waals surface area contributed by atoms with Crippen molar-refractivity contribution >= 4 is 47.2 Å². The van der Waals surface area contributed by atoms with Crippen LogP contribution < -0.4 is 5.43 Å². The molecule has 0 aliphatic carbocycles. The molecule has 0 aliphatic heterocycles. The fourth-order valence-electron chi connectivity index (χ4n) is 2.10. The SMILES string of the molecule is COC(=O)c1nn(COCC[Si](C)(C)C)c2sc(Cl)c(C)c2c1=O. The Balaban J connectivity index is 2.41. The Labute approximate surface area is 150 Å². The summed E-state index contributed by atoms with van der Waals surface area (Å²) < 4.78 is 12.4. The third kappa shape index (κ3) is 4.05. The van der Waals surface area contributed by atoms with Crippen molar-refractivity contribution in [1.29, 1.82) is 0 Å². The number of aromatic nitrogens is 2. The van der Waals surface area contributed by atoms with Crippen LogP contribution >= 0.6 is 22.9 Å². The molecule has 0 atom stereocenters. The Morgan fingerprint density at radius 3 is 2.62 bits per heavy atom. The van der Waals surface area contributed by atoms with E-state index in [2.05, 4.69) is 29.5 Å². The van der Waals surface area contributed by atoms with Crippen LogP contribution in [-0.2, 0) is 16.2 Å². The zero-order valence-corrected chi connectivity index (χ0v) is 17.0. The van der Waals surface area contributed by atoms with Crippen LogP contribution in [-0.4, -0.2) is 37.5 Å². The maximum Gasteiger partial charge on any atom is 0.362 e. The van der Waals surface area contributed by atoms with Gasteiger partial charge in [0.05, 0.1) is 16.8 Å². The Kier molecular flexibility index (Phi) is 5.85. The first-order valence-electron chi connectivity index (χ1n) is 7.51. The molecule has 2 heterocycles. The van der Waals surface area contributed by atoms with Crippen molar-refractivity contribution in [3.63, 3.8) is 0 Å². The quantitative estimate of drug-likeness (QED) is 0.430. The van der Waals surface area contributed by atoms with Crippen LogP contribution in [0.15, 0.2) is 4.79 Å². The van der Waals surface area contributed by atoms with Crippen LogP contribution in [0.25, 0.3) is 10.2 Å². The van der Waals surface area contributed by atoms with E-state index in [-0.39, 0.29) is 12.4 Å². The number of hydrogen-bond acceptors (Lipinski definition) is 6. The maximum atomic E-state index is 12.5. The van der Waals surface area contributed by atoms with Crippen molar-refractivity contribution in [2.24, 2.45) is 0 Å². The van der Waals surface area contributed by atoms with Crippen molar-refractivity contribution in [3.05, 3.63) is 25.8 Å². The lowest BCUT2D eigenvalue weighted by Gasteiger charge is -2.16. The van der Waals surface area contributed by atoms with Crippen molar-refractivity contribution in [3.8, 4) is 0 Å². The molecule has 0 spiro atoms. The molecule has 2 aromatic heterocycles. The number of rotatable bonds is 6. The van der Waals surface area contributed by atoms with E-state index in [0.717, 1.165) is 6.04 Å². The summed E-state index contributed by atoms with van der Waals surface area (Å²) in [4.78, 5) is 25.0. The van der Waals surface area contributed by atoms with E-state index in [1.54, 1.807) is 6.92 Å². The van der Waals surface area contributed by atoms with E-state index in [9.17, 15) is 9.59 Å². The van der Waals surface area contributed by atoms with Gasteiger partial charge in [-0.3, -0.25) is 4.79 Å². The number of esters is 1. The standard InChI is InChI=1S/C15H21ClN2O4SSi/c1-9-10-12(19)11(15(20)21-2)17-18(14(10)23-13(9)16)8-22-6-7-24(3,4)5/h6-8H2,1-5H3. The number of methoxy groups -OCH3 is 1. The minimum absolute atomic E-state index is 0.154. The van der Waals surface area contributed by atoms with Gasteiger partial charge in [-0.15, -0.1) is 11.3 Å². The predicted molar refractivity (Wildman–Crippen MR) is 99.1 cm³/mol. The van der Waals surface area contributed by atoms with Crippen LogP contribution in [0, 0.1) is 6.92 Å². The van der Waals surface area contributed by atoms with Crippen molar-refractivity contribution in [2.75, 3.05) is 13.7 Å². The maximum absolute atomic E-state index is 12.5. The molecule has 0 bridgehead atoms. The number of hydrogen-bond donors (Lipinski definition) is 0. The molecule has 2 aromatic rings. The summed E-state index contributed by atoms with van der Waals surface area (Å²) in [6.07, 6.45) is 0. The average molecular weight is 389 g/mol. The minimum Gasteiger partial charge on any atom is -0.464 e. The van der Waals surface area contributed by atoms with Gasteiger partial charge in [0.25, 0.3) is 0 Å².